The van der Waals surface area contributed by atoms with E-state index in [0.29, 0.717) is 24.5 Å². The summed E-state index contributed by atoms with van der Waals surface area (Å²) in [5.74, 6) is -0.444. The van der Waals surface area contributed by atoms with E-state index in [4.69, 9.17) is 5.73 Å². The van der Waals surface area contributed by atoms with Gasteiger partial charge in [-0.2, -0.15) is 0 Å². The molecule has 2 atom stereocenters. The maximum atomic E-state index is 14.0. The Labute approximate surface area is 263 Å². The Kier molecular flexibility index (Phi) is 9.58. The van der Waals surface area contributed by atoms with Gasteiger partial charge in [-0.3, -0.25) is 14.8 Å². The van der Waals surface area contributed by atoms with Crippen molar-refractivity contribution < 1.29 is 9.35 Å². The van der Waals surface area contributed by atoms with Crippen molar-refractivity contribution in [3.05, 3.63) is 107 Å². The van der Waals surface area contributed by atoms with Crippen LogP contribution < -0.4 is 16.4 Å². The van der Waals surface area contributed by atoms with Crippen molar-refractivity contribution in [2.24, 2.45) is 5.41 Å². The van der Waals surface area contributed by atoms with E-state index in [1.165, 1.54) is 0 Å². The predicted octanol–water partition coefficient (Wildman–Crippen LogP) is 6.38. The highest BCUT2D eigenvalue weighted by molar-refractivity contribution is 7.89. The monoisotopic (exact) mass is 610 g/mol. The number of anilines is 3. The SMILES string of the molecule is CCNc1ccc(C(c2ccc(C)c(CN3CCCc4ncccc4[S+]3[O-])c2)C(C)(C)C(=O)Nc2cccnc2)c(C)c1N. The first kappa shape index (κ1) is 31.5. The van der Waals surface area contributed by atoms with Crippen molar-refractivity contribution in [3.63, 3.8) is 0 Å². The van der Waals surface area contributed by atoms with E-state index in [2.05, 4.69) is 51.8 Å². The predicted molar refractivity (Wildman–Crippen MR) is 179 cm³/mol. The zero-order valence-electron chi connectivity index (χ0n) is 26.2. The van der Waals surface area contributed by atoms with Crippen LogP contribution in [0.3, 0.4) is 0 Å². The summed E-state index contributed by atoms with van der Waals surface area (Å²) in [6.45, 7) is 12.1. The van der Waals surface area contributed by atoms with Crippen LogP contribution in [0.2, 0.25) is 0 Å². The molecule has 0 spiro atoms. The number of amides is 1. The fourth-order valence-corrected chi connectivity index (χ4v) is 7.41. The molecule has 1 aliphatic rings. The number of aromatic nitrogens is 2. The number of pyridine rings is 2. The van der Waals surface area contributed by atoms with Crippen molar-refractivity contribution in [1.82, 2.24) is 14.3 Å². The van der Waals surface area contributed by atoms with Crippen LogP contribution in [0.4, 0.5) is 17.1 Å². The fraction of sp³-hybridized carbons (Fsp3) is 0.343. The minimum absolute atomic E-state index is 0.121. The van der Waals surface area contributed by atoms with Crippen molar-refractivity contribution in [1.29, 1.82) is 0 Å². The van der Waals surface area contributed by atoms with Gasteiger partial charge in [0.05, 0.1) is 52.3 Å². The number of nitrogens with one attached hydrogen (secondary N) is 2. The van der Waals surface area contributed by atoms with Crippen LogP contribution in [0.5, 0.6) is 0 Å². The molecule has 0 radical (unpaired) electrons. The van der Waals surface area contributed by atoms with Crippen LogP contribution in [0.25, 0.3) is 0 Å². The van der Waals surface area contributed by atoms with E-state index in [-0.39, 0.29) is 11.8 Å². The van der Waals surface area contributed by atoms with E-state index >= 15 is 0 Å². The Balaban J connectivity index is 1.56. The van der Waals surface area contributed by atoms with Gasteiger partial charge in [0, 0.05) is 31.4 Å². The molecule has 9 heteroatoms. The first-order valence-corrected chi connectivity index (χ1v) is 16.3. The summed E-state index contributed by atoms with van der Waals surface area (Å²) in [6.07, 6.45) is 6.79. The number of nitrogens with two attached hydrogens (primary N) is 1. The second-order valence-corrected chi connectivity index (χ2v) is 13.4. The molecule has 4 aromatic rings. The first-order valence-electron chi connectivity index (χ1n) is 15.2. The van der Waals surface area contributed by atoms with E-state index in [9.17, 15) is 9.35 Å². The molecule has 2 aromatic carbocycles. The number of fused-ring (bicyclic) bond motifs is 1. The zero-order chi connectivity index (χ0) is 31.4. The van der Waals surface area contributed by atoms with Gasteiger partial charge >= 0.3 is 0 Å². The highest BCUT2D eigenvalue weighted by Crippen LogP contribution is 2.45. The number of carbonyl (C=O) groups is 1. The van der Waals surface area contributed by atoms with Gasteiger partial charge in [0.1, 0.15) is 0 Å². The van der Waals surface area contributed by atoms with Crippen LogP contribution in [0.15, 0.2) is 78.1 Å². The molecule has 5 rings (SSSR count). The number of rotatable bonds is 9. The molecular weight excluding hydrogens is 568 g/mol. The average Bonchev–Trinajstić information content (AvgIpc) is 3.17. The second kappa shape index (κ2) is 13.4. The van der Waals surface area contributed by atoms with E-state index in [1.54, 1.807) is 24.7 Å². The van der Waals surface area contributed by atoms with Crippen LogP contribution in [0, 0.1) is 19.3 Å². The summed E-state index contributed by atoms with van der Waals surface area (Å²) in [5.41, 5.74) is 14.0. The normalized spacial score (nSPS) is 16.1. The Bertz CT molecular complexity index is 1630. The van der Waals surface area contributed by atoms with Crippen LogP contribution in [-0.2, 0) is 29.1 Å². The minimum atomic E-state index is -1.31. The van der Waals surface area contributed by atoms with Gasteiger partial charge in [0.25, 0.3) is 0 Å². The molecule has 230 valence electrons. The third-order valence-electron chi connectivity index (χ3n) is 8.61. The Morgan fingerprint density at radius 1 is 1.14 bits per heavy atom. The zero-order valence-corrected chi connectivity index (χ0v) is 27.0. The highest BCUT2D eigenvalue weighted by Gasteiger charge is 2.40. The number of nitrogens with zero attached hydrogens (tertiary/aromatic N) is 3. The molecule has 2 aromatic heterocycles. The van der Waals surface area contributed by atoms with Crippen molar-refractivity contribution in [2.45, 2.75) is 64.8 Å². The quantitative estimate of drug-likeness (QED) is 0.149. The van der Waals surface area contributed by atoms with Gasteiger partial charge < -0.3 is 20.9 Å². The van der Waals surface area contributed by atoms with E-state index in [0.717, 1.165) is 63.5 Å². The maximum absolute atomic E-state index is 14.0. The third kappa shape index (κ3) is 6.45. The summed E-state index contributed by atoms with van der Waals surface area (Å²) < 4.78 is 15.7. The van der Waals surface area contributed by atoms with Crippen LogP contribution in [-0.4, -0.2) is 37.8 Å². The lowest BCUT2D eigenvalue weighted by Crippen LogP contribution is -2.37. The summed E-state index contributed by atoms with van der Waals surface area (Å²) >= 11 is -1.31. The molecular formula is C35H42N6O2S. The molecule has 8 nitrogen and oxygen atoms in total. The number of hydrogen-bond acceptors (Lipinski definition) is 7. The van der Waals surface area contributed by atoms with Crippen LogP contribution >= 0.6 is 0 Å². The minimum Gasteiger partial charge on any atom is -0.593 e. The number of benzene rings is 2. The molecule has 0 aliphatic carbocycles. The van der Waals surface area contributed by atoms with Crippen molar-refractivity contribution >= 4 is 34.3 Å². The lowest BCUT2D eigenvalue weighted by atomic mass is 9.69. The Morgan fingerprint density at radius 3 is 2.68 bits per heavy atom. The van der Waals surface area contributed by atoms with Crippen molar-refractivity contribution in [3.8, 4) is 0 Å². The lowest BCUT2D eigenvalue weighted by molar-refractivity contribution is -0.124. The fourth-order valence-electron chi connectivity index (χ4n) is 6.03. The molecule has 0 saturated carbocycles. The Morgan fingerprint density at radius 2 is 1.93 bits per heavy atom. The maximum Gasteiger partial charge on any atom is 0.231 e. The largest absolute Gasteiger partial charge is 0.593 e. The number of carbonyl (C=O) groups excluding carboxylic acids is 1. The topological polar surface area (TPSA) is 119 Å². The van der Waals surface area contributed by atoms with E-state index < -0.39 is 16.8 Å². The number of aryl methyl sites for hydroxylation is 2. The van der Waals surface area contributed by atoms with Gasteiger partial charge in [0.15, 0.2) is 4.90 Å². The van der Waals surface area contributed by atoms with Gasteiger partial charge in [-0.15, -0.1) is 4.31 Å². The molecule has 44 heavy (non-hydrogen) atoms. The number of hydrogen-bond donors (Lipinski definition) is 3. The standard InChI is InChI=1S/C35H42N6O2S/c1-6-38-30-16-15-28(24(3)33(30)36)32(35(4,5)34(42)40-27-10-7-17-37-21-27)25-14-13-23(2)26(20-25)22-41-19-9-11-29-31(44(41)43)12-8-18-39-29/h7-8,10,12-18,20-21,32,38H,6,9,11,19,22,36H2,1-5H3,(H,40,42). The van der Waals surface area contributed by atoms with Gasteiger partial charge in [-0.05, 0) is 91.8 Å². The molecule has 4 N–H and O–H groups in total. The average molecular weight is 611 g/mol. The summed E-state index contributed by atoms with van der Waals surface area (Å²) in [7, 11) is 0. The molecule has 1 aliphatic heterocycles. The summed E-state index contributed by atoms with van der Waals surface area (Å²) in [6, 6.07) is 17.9. The molecule has 1 amide bonds. The van der Waals surface area contributed by atoms with Gasteiger partial charge in [0.2, 0.25) is 5.91 Å². The first-order chi connectivity index (χ1) is 21.1. The second-order valence-electron chi connectivity index (χ2n) is 12.0. The van der Waals surface area contributed by atoms with E-state index in [1.807, 2.05) is 56.3 Å². The van der Waals surface area contributed by atoms with Crippen LogP contribution in [0.1, 0.15) is 66.6 Å². The van der Waals surface area contributed by atoms with Gasteiger partial charge in [-0.1, -0.05) is 38.1 Å². The molecule has 0 saturated heterocycles. The van der Waals surface area contributed by atoms with Gasteiger partial charge in [-0.25, -0.2) is 0 Å². The Hall–Kier alpha value is -3.92. The highest BCUT2D eigenvalue weighted by atomic mass is 32.2. The molecule has 3 heterocycles. The summed E-state index contributed by atoms with van der Waals surface area (Å²) in [4.78, 5) is 23.5. The molecule has 2 unspecified atom stereocenters. The van der Waals surface area contributed by atoms with Crippen molar-refractivity contribution in [2.75, 3.05) is 29.5 Å². The summed E-state index contributed by atoms with van der Waals surface area (Å²) in [5, 5.41) is 6.43. The molecule has 0 fully saturated rings. The molecule has 0 bridgehead atoms. The number of nitrogen functional groups attached to an aromatic ring is 1. The smallest absolute Gasteiger partial charge is 0.231 e. The lowest BCUT2D eigenvalue weighted by Gasteiger charge is -2.36. The third-order valence-corrected chi connectivity index (χ3v) is 10.1.